The number of rotatable bonds is 8. The van der Waals surface area contributed by atoms with Gasteiger partial charge in [0.05, 0.1) is 21.6 Å². The quantitative estimate of drug-likeness (QED) is 0.192. The summed E-state index contributed by atoms with van der Waals surface area (Å²) in [5, 5.41) is 4.52. The molecule has 0 spiro atoms. The highest BCUT2D eigenvalue weighted by Gasteiger charge is 2.28. The lowest BCUT2D eigenvalue weighted by atomic mass is 9.76. The minimum absolute atomic E-state index is 0.224. The highest BCUT2D eigenvalue weighted by Crippen LogP contribution is 2.42. The van der Waals surface area contributed by atoms with Crippen LogP contribution in [0.3, 0.4) is 0 Å². The summed E-state index contributed by atoms with van der Waals surface area (Å²) in [5.41, 5.74) is 5.55. The Morgan fingerprint density at radius 2 is 1.86 bits per heavy atom. The molecule has 0 aromatic heterocycles. The van der Waals surface area contributed by atoms with Crippen molar-refractivity contribution in [2.24, 2.45) is 0 Å². The summed E-state index contributed by atoms with van der Waals surface area (Å²) in [6.45, 7) is 1.92. The average molecular weight is 559 g/mol. The molecule has 0 saturated carbocycles. The Morgan fingerprint density at radius 3 is 2.57 bits per heavy atom. The molecule has 4 atom stereocenters. The first-order chi connectivity index (χ1) is 17.9. The molecule has 1 aliphatic carbocycles. The van der Waals surface area contributed by atoms with Crippen LogP contribution in [-0.2, 0) is 29.0 Å². The first-order valence-electron chi connectivity index (χ1n) is 12.1. The van der Waals surface area contributed by atoms with Crippen molar-refractivity contribution in [3.8, 4) is 6.07 Å². The van der Waals surface area contributed by atoms with E-state index in [1.165, 1.54) is 11.1 Å². The number of nitrogens with one attached hydrogen (secondary N) is 1. The zero-order valence-corrected chi connectivity index (χ0v) is 23.0. The van der Waals surface area contributed by atoms with Crippen molar-refractivity contribution >= 4 is 34.5 Å². The molecule has 0 bridgehead atoms. The maximum atomic E-state index is 11.8. The molecule has 9 heteroatoms. The van der Waals surface area contributed by atoms with E-state index >= 15 is 0 Å². The van der Waals surface area contributed by atoms with Crippen LogP contribution in [0.2, 0.25) is 10.0 Å². The van der Waals surface area contributed by atoms with Crippen LogP contribution in [0.1, 0.15) is 59.5 Å². The van der Waals surface area contributed by atoms with Gasteiger partial charge in [-0.3, -0.25) is 0 Å². The summed E-state index contributed by atoms with van der Waals surface area (Å²) >= 11 is 9.84. The fourth-order valence-electron chi connectivity index (χ4n) is 4.66. The van der Waals surface area contributed by atoms with Crippen LogP contribution < -0.4 is 5.32 Å². The van der Waals surface area contributed by atoms with Crippen molar-refractivity contribution in [3.05, 3.63) is 110 Å². The van der Waals surface area contributed by atoms with Crippen LogP contribution in [0.4, 0.5) is 0 Å². The van der Waals surface area contributed by atoms with E-state index in [2.05, 4.69) is 28.5 Å². The number of hydrogen-bond acceptors (Lipinski definition) is 4. The smallest absolute Gasteiger partial charge is 0.325 e. The molecule has 0 amide bonds. The molecular weight excluding hydrogens is 529 g/mol. The van der Waals surface area contributed by atoms with E-state index in [1.807, 2.05) is 61.6 Å². The third kappa shape index (κ3) is 6.91. The zero-order valence-electron chi connectivity index (χ0n) is 20.7. The van der Waals surface area contributed by atoms with Gasteiger partial charge in [0.15, 0.2) is 0 Å². The Kier molecular flexibility index (Phi) is 9.60. The topological polar surface area (TPSA) is 69.0 Å². The molecule has 1 N–H and O–H groups in total. The summed E-state index contributed by atoms with van der Waals surface area (Å²) in [6, 6.07) is 24.8. The predicted molar refractivity (Wildman–Crippen MR) is 148 cm³/mol. The van der Waals surface area contributed by atoms with Gasteiger partial charge < -0.3 is 14.6 Å². The van der Waals surface area contributed by atoms with Gasteiger partial charge in [-0.1, -0.05) is 77.8 Å². The second-order valence-electron chi connectivity index (χ2n) is 8.96. The fraction of sp³-hybridized carbons (Fsp3) is 0.321. The lowest BCUT2D eigenvalue weighted by Crippen LogP contribution is -2.30. The lowest BCUT2D eigenvalue weighted by molar-refractivity contribution is -0.00213. The molecule has 2 unspecified atom stereocenters. The van der Waals surface area contributed by atoms with Gasteiger partial charge in [-0.25, -0.2) is 4.21 Å². The third-order valence-corrected chi connectivity index (χ3v) is 8.01. The van der Waals surface area contributed by atoms with Gasteiger partial charge >= 0.3 is 6.07 Å². The molecule has 0 aliphatic heterocycles. The van der Waals surface area contributed by atoms with Gasteiger partial charge in [0, 0.05) is 16.4 Å². The SMILES string of the molecule is CN[C@H]1CC[C@@H](c2ccc(Cl)c(Cl)c2)c2ccc(CC#[N+]N(C(C)OCc3ccccc3)S(=O)[O-])cc21. The molecule has 37 heavy (non-hydrogen) atoms. The van der Waals surface area contributed by atoms with E-state index in [-0.39, 0.29) is 18.6 Å². The molecule has 3 aromatic rings. The number of benzene rings is 3. The van der Waals surface area contributed by atoms with Crippen molar-refractivity contribution in [2.45, 2.75) is 51.0 Å². The Morgan fingerprint density at radius 1 is 1.08 bits per heavy atom. The number of hydrogen-bond donors (Lipinski definition) is 1. The lowest BCUT2D eigenvalue weighted by Gasteiger charge is -2.32. The Labute approximate surface area is 230 Å². The van der Waals surface area contributed by atoms with Gasteiger partial charge in [0.25, 0.3) is 0 Å². The van der Waals surface area contributed by atoms with Crippen LogP contribution in [0, 0.1) is 6.07 Å². The second-order valence-corrected chi connectivity index (χ2v) is 10.6. The largest absolute Gasteiger partial charge is 0.750 e. The highest BCUT2D eigenvalue weighted by atomic mass is 35.5. The Bertz CT molecular complexity index is 1310. The fourth-order valence-corrected chi connectivity index (χ4v) is 5.39. The molecule has 3 aromatic carbocycles. The van der Waals surface area contributed by atoms with E-state index in [9.17, 15) is 8.76 Å². The van der Waals surface area contributed by atoms with Crippen LogP contribution in [0.15, 0.2) is 66.7 Å². The molecule has 0 radical (unpaired) electrons. The second kappa shape index (κ2) is 12.9. The summed E-state index contributed by atoms with van der Waals surface area (Å²) in [6.07, 6.45) is 1.57. The summed E-state index contributed by atoms with van der Waals surface area (Å²) in [5.74, 6) is 0.224. The van der Waals surface area contributed by atoms with Crippen molar-refractivity contribution < 1.29 is 13.5 Å². The maximum absolute atomic E-state index is 11.8. The number of nitrogens with zero attached hydrogens (tertiary/aromatic N) is 2. The molecule has 1 aliphatic rings. The van der Waals surface area contributed by atoms with Gasteiger partial charge in [-0.2, -0.15) is 0 Å². The molecule has 6 nitrogen and oxygen atoms in total. The first-order valence-corrected chi connectivity index (χ1v) is 13.9. The standard InChI is InChI=1S/C28H29Cl2N3O3S/c1-19(36-18-21-6-4-3-5-7-21)33(37(34)35)32-15-14-20-8-10-24-23(11-13-28(31-2)25(24)16-20)22-9-12-26(29)27(30)17-22/h3-10,12,16-17,19,23,28,31H,11,13-14,18H2,1-2H3/t19?,23-,28-/m0/s1. The molecule has 194 valence electrons. The monoisotopic (exact) mass is 557 g/mol. The van der Waals surface area contributed by atoms with E-state index < -0.39 is 17.5 Å². The average Bonchev–Trinajstić information content (AvgIpc) is 2.91. The minimum atomic E-state index is -2.59. The van der Waals surface area contributed by atoms with Crippen molar-refractivity contribution in [3.63, 3.8) is 0 Å². The molecular formula is C28H29Cl2N3O3S. The highest BCUT2D eigenvalue weighted by molar-refractivity contribution is 7.76. The van der Waals surface area contributed by atoms with Gasteiger partial charge in [-0.05, 0) is 66.8 Å². The van der Waals surface area contributed by atoms with Crippen LogP contribution in [0.5, 0.6) is 0 Å². The van der Waals surface area contributed by atoms with Crippen LogP contribution in [-0.4, -0.2) is 26.5 Å². The minimum Gasteiger partial charge on any atom is -0.750 e. The number of ether oxygens (including phenoxy) is 1. The van der Waals surface area contributed by atoms with Gasteiger partial charge in [-0.15, -0.1) is 0 Å². The normalized spacial score (nSPS) is 18.3. The Balaban J connectivity index is 1.50. The van der Waals surface area contributed by atoms with Crippen LogP contribution >= 0.6 is 23.2 Å². The van der Waals surface area contributed by atoms with E-state index in [0.29, 0.717) is 16.5 Å². The number of halogens is 2. The van der Waals surface area contributed by atoms with Crippen molar-refractivity contribution in [2.75, 3.05) is 7.05 Å². The van der Waals surface area contributed by atoms with E-state index in [1.54, 1.807) is 6.92 Å². The summed E-state index contributed by atoms with van der Waals surface area (Å²) in [7, 11) is 1.96. The molecule has 4 rings (SSSR count). The van der Waals surface area contributed by atoms with Gasteiger partial charge in [0.1, 0.15) is 17.7 Å². The van der Waals surface area contributed by atoms with Gasteiger partial charge in [0.2, 0.25) is 6.23 Å². The Hall–Kier alpha value is -2.44. The molecule has 0 saturated heterocycles. The maximum Gasteiger partial charge on any atom is 0.325 e. The van der Waals surface area contributed by atoms with Crippen LogP contribution in [0.25, 0.3) is 4.95 Å². The van der Waals surface area contributed by atoms with E-state index in [4.69, 9.17) is 27.9 Å². The third-order valence-electron chi connectivity index (χ3n) is 6.59. The van der Waals surface area contributed by atoms with Crippen molar-refractivity contribution in [1.82, 2.24) is 9.73 Å². The first kappa shape index (κ1) is 27.6. The van der Waals surface area contributed by atoms with Crippen molar-refractivity contribution in [1.29, 1.82) is 0 Å². The predicted octanol–water partition coefficient (Wildman–Crippen LogP) is 6.63. The number of fused-ring (bicyclic) bond motifs is 1. The summed E-state index contributed by atoms with van der Waals surface area (Å²) in [4.78, 5) is 4.07. The zero-order chi connectivity index (χ0) is 26.4. The molecule has 0 fully saturated rings. The summed E-state index contributed by atoms with van der Waals surface area (Å²) < 4.78 is 30.1. The molecule has 0 heterocycles. The van der Waals surface area contributed by atoms with E-state index in [0.717, 1.165) is 33.9 Å².